The summed E-state index contributed by atoms with van der Waals surface area (Å²) in [5, 5.41) is 10.2. The Labute approximate surface area is 127 Å². The molecule has 118 valence electrons. The maximum Gasteiger partial charge on any atom is 0.306 e. The van der Waals surface area contributed by atoms with Crippen LogP contribution in [0.15, 0.2) is 0 Å². The number of rotatable bonds is 1. The zero-order valence-corrected chi connectivity index (χ0v) is 13.1. The lowest BCUT2D eigenvalue weighted by Gasteiger charge is -2.59. The van der Waals surface area contributed by atoms with Crippen molar-refractivity contribution in [2.45, 2.75) is 70.8 Å². The molecule has 4 rings (SSSR count). The van der Waals surface area contributed by atoms with Gasteiger partial charge in [-0.25, -0.2) is 0 Å². The Balaban J connectivity index is 1.66. The monoisotopic (exact) mass is 292 g/mol. The number of fused-ring (bicyclic) bond motifs is 5. The van der Waals surface area contributed by atoms with E-state index in [0.29, 0.717) is 17.8 Å². The van der Waals surface area contributed by atoms with E-state index in [1.807, 2.05) is 0 Å². The summed E-state index contributed by atoms with van der Waals surface area (Å²) < 4.78 is 5.67. The predicted molar refractivity (Wildman–Crippen MR) is 79.5 cm³/mol. The molecule has 0 amide bonds. The Morgan fingerprint density at radius 3 is 2.81 bits per heavy atom. The molecule has 0 aromatic carbocycles. The van der Waals surface area contributed by atoms with Gasteiger partial charge in [-0.1, -0.05) is 13.3 Å². The van der Waals surface area contributed by atoms with Gasteiger partial charge in [0.1, 0.15) is 6.10 Å². The SMILES string of the molecule is C[C@@]12CCC[C@H]1[C@@H]1CC[C@H]3OC(=O)CC[C@]3(CO)[C@H]1CC2. The lowest BCUT2D eigenvalue weighted by molar-refractivity contribution is -0.203. The highest BCUT2D eigenvalue weighted by molar-refractivity contribution is 5.70. The summed E-state index contributed by atoms with van der Waals surface area (Å²) in [5.74, 6) is 2.12. The summed E-state index contributed by atoms with van der Waals surface area (Å²) in [6.45, 7) is 2.70. The van der Waals surface area contributed by atoms with Gasteiger partial charge < -0.3 is 9.84 Å². The van der Waals surface area contributed by atoms with Crippen LogP contribution in [0, 0.1) is 28.6 Å². The molecule has 1 saturated heterocycles. The van der Waals surface area contributed by atoms with Crippen molar-refractivity contribution in [1.29, 1.82) is 0 Å². The number of carbonyl (C=O) groups excluding carboxylic acids is 1. The fourth-order valence-electron chi connectivity index (χ4n) is 6.64. The summed E-state index contributed by atoms with van der Waals surface area (Å²) in [6, 6.07) is 0. The van der Waals surface area contributed by atoms with E-state index in [4.69, 9.17) is 4.74 Å². The number of ether oxygens (including phenoxy) is 1. The summed E-state index contributed by atoms with van der Waals surface area (Å²) >= 11 is 0. The third-order valence-corrected chi connectivity index (χ3v) is 7.72. The van der Waals surface area contributed by atoms with Crippen molar-refractivity contribution in [2.24, 2.45) is 28.6 Å². The average Bonchev–Trinajstić information content (AvgIpc) is 2.88. The van der Waals surface area contributed by atoms with E-state index < -0.39 is 0 Å². The van der Waals surface area contributed by atoms with Crippen molar-refractivity contribution in [2.75, 3.05) is 6.61 Å². The molecule has 1 heterocycles. The highest BCUT2D eigenvalue weighted by atomic mass is 16.5. The molecule has 0 radical (unpaired) electrons. The largest absolute Gasteiger partial charge is 0.462 e. The first-order chi connectivity index (χ1) is 10.1. The third kappa shape index (κ3) is 1.85. The molecule has 1 N–H and O–H groups in total. The van der Waals surface area contributed by atoms with Crippen LogP contribution < -0.4 is 0 Å². The van der Waals surface area contributed by atoms with Gasteiger partial charge in [0, 0.05) is 11.8 Å². The van der Waals surface area contributed by atoms with Gasteiger partial charge in [0.25, 0.3) is 0 Å². The molecular weight excluding hydrogens is 264 g/mol. The second kappa shape index (κ2) is 4.71. The number of carbonyl (C=O) groups is 1. The van der Waals surface area contributed by atoms with E-state index >= 15 is 0 Å². The van der Waals surface area contributed by atoms with Gasteiger partial charge in [0.05, 0.1) is 6.61 Å². The van der Waals surface area contributed by atoms with Gasteiger partial charge in [0.15, 0.2) is 0 Å². The second-order valence-electron chi connectivity index (χ2n) is 8.41. The first-order valence-electron chi connectivity index (χ1n) is 8.89. The van der Waals surface area contributed by atoms with Crippen LogP contribution in [-0.2, 0) is 9.53 Å². The molecule has 4 aliphatic rings. The molecule has 0 aromatic heterocycles. The molecule has 4 fully saturated rings. The summed E-state index contributed by atoms with van der Waals surface area (Å²) in [4.78, 5) is 11.7. The van der Waals surface area contributed by atoms with Crippen LogP contribution in [-0.4, -0.2) is 23.8 Å². The van der Waals surface area contributed by atoms with Crippen LogP contribution in [0.4, 0.5) is 0 Å². The average molecular weight is 292 g/mol. The molecule has 0 aromatic rings. The molecule has 21 heavy (non-hydrogen) atoms. The maximum atomic E-state index is 11.7. The summed E-state index contributed by atoms with van der Waals surface area (Å²) in [7, 11) is 0. The van der Waals surface area contributed by atoms with Crippen LogP contribution in [0.1, 0.15) is 64.7 Å². The molecule has 3 saturated carbocycles. The normalized spacial score (nSPS) is 52.6. The van der Waals surface area contributed by atoms with Crippen molar-refractivity contribution in [1.82, 2.24) is 0 Å². The Morgan fingerprint density at radius 1 is 1.14 bits per heavy atom. The highest BCUT2D eigenvalue weighted by Gasteiger charge is 2.60. The molecular formula is C18H28O3. The van der Waals surface area contributed by atoms with Crippen molar-refractivity contribution in [3.63, 3.8) is 0 Å². The van der Waals surface area contributed by atoms with E-state index in [2.05, 4.69) is 6.92 Å². The third-order valence-electron chi connectivity index (χ3n) is 7.72. The first kappa shape index (κ1) is 14.0. The van der Waals surface area contributed by atoms with Crippen LogP contribution >= 0.6 is 0 Å². The zero-order chi connectivity index (χ0) is 14.7. The zero-order valence-electron chi connectivity index (χ0n) is 13.1. The van der Waals surface area contributed by atoms with Crippen molar-refractivity contribution in [3.05, 3.63) is 0 Å². The molecule has 1 aliphatic heterocycles. The lowest BCUT2D eigenvalue weighted by Crippen LogP contribution is -2.58. The Bertz CT molecular complexity index is 448. The molecule has 3 nitrogen and oxygen atoms in total. The molecule has 3 aliphatic carbocycles. The minimum Gasteiger partial charge on any atom is -0.462 e. The number of hydrogen-bond donors (Lipinski definition) is 1. The first-order valence-corrected chi connectivity index (χ1v) is 8.89. The Kier molecular flexibility index (Phi) is 3.15. The molecule has 3 heteroatoms. The topological polar surface area (TPSA) is 46.5 Å². The van der Waals surface area contributed by atoms with Crippen LogP contribution in [0.5, 0.6) is 0 Å². The van der Waals surface area contributed by atoms with Gasteiger partial charge in [-0.2, -0.15) is 0 Å². The predicted octanol–water partition coefficient (Wildman–Crippen LogP) is 3.30. The van der Waals surface area contributed by atoms with E-state index in [9.17, 15) is 9.90 Å². The molecule has 6 atom stereocenters. The smallest absolute Gasteiger partial charge is 0.306 e. The second-order valence-corrected chi connectivity index (χ2v) is 8.41. The molecule has 0 spiro atoms. The van der Waals surface area contributed by atoms with Crippen molar-refractivity contribution < 1.29 is 14.6 Å². The Morgan fingerprint density at radius 2 is 2.00 bits per heavy atom. The van der Waals surface area contributed by atoms with Crippen LogP contribution in [0.3, 0.4) is 0 Å². The van der Waals surface area contributed by atoms with Gasteiger partial charge >= 0.3 is 5.97 Å². The summed E-state index contributed by atoms with van der Waals surface area (Å²) in [5.41, 5.74) is 0.427. The fraction of sp³-hybridized carbons (Fsp3) is 0.944. The number of hydrogen-bond acceptors (Lipinski definition) is 3. The number of esters is 1. The van der Waals surface area contributed by atoms with Crippen molar-refractivity contribution in [3.8, 4) is 0 Å². The Hall–Kier alpha value is -0.570. The molecule has 0 unspecified atom stereocenters. The number of aliphatic hydroxyl groups is 1. The number of aliphatic hydroxyl groups excluding tert-OH is 1. The minimum atomic E-state index is -0.124. The van der Waals surface area contributed by atoms with E-state index in [0.717, 1.165) is 24.7 Å². The minimum absolute atomic E-state index is 0.0178. The lowest BCUT2D eigenvalue weighted by atomic mass is 9.48. The van der Waals surface area contributed by atoms with Crippen LogP contribution in [0.25, 0.3) is 0 Å². The standard InChI is InChI=1S/C18H28O3/c1-17-8-2-3-13(17)12-4-5-15-18(11-19,14(12)6-9-17)10-7-16(20)21-15/h12-15,19H,2-11H2,1H3/t12-,13-,14-,15+,17-,18-/m0/s1. The van der Waals surface area contributed by atoms with E-state index in [-0.39, 0.29) is 24.1 Å². The van der Waals surface area contributed by atoms with Gasteiger partial charge in [-0.15, -0.1) is 0 Å². The van der Waals surface area contributed by atoms with E-state index in [1.54, 1.807) is 0 Å². The van der Waals surface area contributed by atoms with Gasteiger partial charge in [0.2, 0.25) is 0 Å². The van der Waals surface area contributed by atoms with Crippen LogP contribution in [0.2, 0.25) is 0 Å². The summed E-state index contributed by atoms with van der Waals surface area (Å²) in [6.07, 6.45) is 10.2. The fourth-order valence-corrected chi connectivity index (χ4v) is 6.64. The van der Waals surface area contributed by atoms with Gasteiger partial charge in [-0.3, -0.25) is 4.79 Å². The molecule has 0 bridgehead atoms. The van der Waals surface area contributed by atoms with E-state index in [1.165, 1.54) is 38.5 Å². The van der Waals surface area contributed by atoms with Crippen molar-refractivity contribution >= 4 is 5.97 Å². The highest BCUT2D eigenvalue weighted by Crippen LogP contribution is 2.64. The quantitative estimate of drug-likeness (QED) is 0.754. The maximum absolute atomic E-state index is 11.7. The van der Waals surface area contributed by atoms with Gasteiger partial charge in [-0.05, 0) is 68.1 Å².